The van der Waals surface area contributed by atoms with Crippen LogP contribution in [0.4, 0.5) is 0 Å². The van der Waals surface area contributed by atoms with Gasteiger partial charge in [-0.05, 0) is 47.4 Å². The molecular formula is C23H22O3S. The number of ether oxygens (including phenoxy) is 1. The van der Waals surface area contributed by atoms with Crippen LogP contribution in [-0.2, 0) is 11.2 Å². The van der Waals surface area contributed by atoms with Crippen LogP contribution in [0.25, 0.3) is 11.1 Å². The summed E-state index contributed by atoms with van der Waals surface area (Å²) in [6.45, 7) is 0. The summed E-state index contributed by atoms with van der Waals surface area (Å²) in [6, 6.07) is 26.3. The van der Waals surface area contributed by atoms with E-state index in [1.165, 1.54) is 5.56 Å². The Kier molecular flexibility index (Phi) is 6.55. The number of hydrogen-bond acceptors (Lipinski definition) is 3. The smallest absolute Gasteiger partial charge is 0.304 e. The molecule has 3 aromatic rings. The fourth-order valence-corrected chi connectivity index (χ4v) is 4.10. The number of carboxylic acid groups (broad SMARTS) is 1. The highest BCUT2D eigenvalue weighted by atomic mass is 32.2. The second-order valence-corrected chi connectivity index (χ2v) is 7.65. The zero-order chi connectivity index (χ0) is 19.1. The maximum Gasteiger partial charge on any atom is 0.304 e. The maximum atomic E-state index is 11.3. The molecule has 0 bridgehead atoms. The van der Waals surface area contributed by atoms with Gasteiger partial charge in [0.25, 0.3) is 0 Å². The Hall–Kier alpha value is -2.72. The molecule has 0 saturated heterocycles. The van der Waals surface area contributed by atoms with Crippen LogP contribution in [0.15, 0.2) is 83.8 Å². The fraction of sp³-hybridized carbons (Fsp3) is 0.174. The lowest BCUT2D eigenvalue weighted by Crippen LogP contribution is -2.13. The third kappa shape index (κ3) is 5.63. The zero-order valence-electron chi connectivity index (χ0n) is 15.2. The predicted molar refractivity (Wildman–Crippen MR) is 110 cm³/mol. The highest BCUT2D eigenvalue weighted by molar-refractivity contribution is 8.00. The van der Waals surface area contributed by atoms with E-state index in [1.54, 1.807) is 18.9 Å². The predicted octanol–water partition coefficient (Wildman–Crippen LogP) is 5.54. The molecule has 0 saturated carbocycles. The van der Waals surface area contributed by atoms with Crippen molar-refractivity contribution in [1.82, 2.24) is 0 Å². The molecule has 0 spiro atoms. The lowest BCUT2D eigenvalue weighted by molar-refractivity contribution is -0.136. The molecule has 0 amide bonds. The number of thioether (sulfide) groups is 1. The average Bonchev–Trinajstić information content (AvgIpc) is 2.69. The van der Waals surface area contributed by atoms with Crippen molar-refractivity contribution in [3.63, 3.8) is 0 Å². The van der Waals surface area contributed by atoms with Gasteiger partial charge in [0.1, 0.15) is 5.75 Å². The van der Waals surface area contributed by atoms with E-state index in [0.29, 0.717) is 6.42 Å². The van der Waals surface area contributed by atoms with Crippen molar-refractivity contribution in [3.05, 3.63) is 84.4 Å². The molecule has 0 aliphatic rings. The number of carboxylic acids is 1. The minimum atomic E-state index is -0.776. The molecule has 3 nitrogen and oxygen atoms in total. The average molecular weight is 378 g/mol. The number of hydrogen-bond donors (Lipinski definition) is 1. The summed E-state index contributed by atoms with van der Waals surface area (Å²) >= 11 is 1.60. The van der Waals surface area contributed by atoms with Gasteiger partial charge in [-0.2, -0.15) is 0 Å². The Bertz CT molecular complexity index is 858. The van der Waals surface area contributed by atoms with Crippen molar-refractivity contribution in [2.45, 2.75) is 23.0 Å². The van der Waals surface area contributed by atoms with Crippen molar-refractivity contribution in [2.75, 3.05) is 7.11 Å². The SMILES string of the molecule is COc1ccc(SC(CC(=O)O)Cc2ccc(-c3ccccc3)cc2)cc1. The molecule has 0 aliphatic carbocycles. The molecule has 3 rings (SSSR count). The van der Waals surface area contributed by atoms with Gasteiger partial charge < -0.3 is 9.84 Å². The standard InChI is InChI=1S/C23H22O3S/c1-26-20-11-13-21(14-12-20)27-22(16-23(24)25)15-17-7-9-19(10-8-17)18-5-3-2-4-6-18/h2-14,22H,15-16H2,1H3,(H,24,25). The van der Waals surface area contributed by atoms with Gasteiger partial charge in [0.15, 0.2) is 0 Å². The zero-order valence-corrected chi connectivity index (χ0v) is 16.0. The monoisotopic (exact) mass is 378 g/mol. The van der Waals surface area contributed by atoms with Crippen LogP contribution in [0.5, 0.6) is 5.75 Å². The largest absolute Gasteiger partial charge is 0.497 e. The van der Waals surface area contributed by atoms with E-state index < -0.39 is 5.97 Å². The van der Waals surface area contributed by atoms with E-state index in [4.69, 9.17) is 4.74 Å². The molecule has 1 atom stereocenters. The summed E-state index contributed by atoms with van der Waals surface area (Å²) in [6.07, 6.45) is 0.829. The third-order valence-corrected chi connectivity index (χ3v) is 5.50. The topological polar surface area (TPSA) is 46.5 Å². The maximum absolute atomic E-state index is 11.3. The van der Waals surface area contributed by atoms with Crippen LogP contribution in [0.1, 0.15) is 12.0 Å². The summed E-state index contributed by atoms with van der Waals surface area (Å²) in [5.41, 5.74) is 3.48. The van der Waals surface area contributed by atoms with Crippen LogP contribution in [0, 0.1) is 0 Å². The Labute approximate surface area is 164 Å². The van der Waals surface area contributed by atoms with Crippen molar-refractivity contribution in [1.29, 1.82) is 0 Å². The molecular weight excluding hydrogens is 356 g/mol. The molecule has 0 fully saturated rings. The summed E-state index contributed by atoms with van der Waals surface area (Å²) in [5.74, 6) is 0.0209. The Morgan fingerprint density at radius 1 is 0.926 bits per heavy atom. The summed E-state index contributed by atoms with van der Waals surface area (Å²) in [4.78, 5) is 12.3. The second-order valence-electron chi connectivity index (χ2n) is 6.28. The van der Waals surface area contributed by atoms with Crippen LogP contribution in [0.2, 0.25) is 0 Å². The number of rotatable bonds is 8. The number of benzene rings is 3. The lowest BCUT2D eigenvalue weighted by atomic mass is 10.0. The van der Waals surface area contributed by atoms with E-state index in [2.05, 4.69) is 36.4 Å². The van der Waals surface area contributed by atoms with Crippen molar-refractivity contribution < 1.29 is 14.6 Å². The molecule has 3 aromatic carbocycles. The first kappa shape index (κ1) is 19.1. The van der Waals surface area contributed by atoms with Gasteiger partial charge in [-0.3, -0.25) is 4.79 Å². The van der Waals surface area contributed by atoms with E-state index in [9.17, 15) is 9.90 Å². The molecule has 27 heavy (non-hydrogen) atoms. The van der Waals surface area contributed by atoms with Gasteiger partial charge in [-0.25, -0.2) is 0 Å². The molecule has 0 radical (unpaired) electrons. The van der Waals surface area contributed by atoms with E-state index >= 15 is 0 Å². The summed E-state index contributed by atoms with van der Waals surface area (Å²) in [7, 11) is 1.63. The highest BCUT2D eigenvalue weighted by Gasteiger charge is 2.16. The van der Waals surface area contributed by atoms with Crippen molar-refractivity contribution in [3.8, 4) is 16.9 Å². The van der Waals surface area contributed by atoms with Gasteiger partial charge >= 0.3 is 5.97 Å². The van der Waals surface area contributed by atoms with Gasteiger partial charge in [-0.1, -0.05) is 54.6 Å². The third-order valence-electron chi connectivity index (χ3n) is 4.29. The highest BCUT2D eigenvalue weighted by Crippen LogP contribution is 2.30. The Morgan fingerprint density at radius 3 is 2.15 bits per heavy atom. The lowest BCUT2D eigenvalue weighted by Gasteiger charge is -2.15. The van der Waals surface area contributed by atoms with Crippen LogP contribution in [0.3, 0.4) is 0 Å². The minimum absolute atomic E-state index is 0.0292. The first-order valence-electron chi connectivity index (χ1n) is 8.81. The van der Waals surface area contributed by atoms with Gasteiger partial charge in [-0.15, -0.1) is 11.8 Å². The molecule has 4 heteroatoms. The van der Waals surface area contributed by atoms with Crippen LogP contribution in [-0.4, -0.2) is 23.4 Å². The van der Waals surface area contributed by atoms with E-state index in [-0.39, 0.29) is 11.7 Å². The molecule has 0 aliphatic heterocycles. The second kappa shape index (κ2) is 9.28. The minimum Gasteiger partial charge on any atom is -0.497 e. The molecule has 0 heterocycles. The normalized spacial score (nSPS) is 11.7. The van der Waals surface area contributed by atoms with Crippen molar-refractivity contribution in [2.24, 2.45) is 0 Å². The molecule has 1 N–H and O–H groups in total. The van der Waals surface area contributed by atoms with Gasteiger partial charge in [0.05, 0.1) is 13.5 Å². The first-order valence-corrected chi connectivity index (χ1v) is 9.69. The quantitative estimate of drug-likeness (QED) is 0.523. The van der Waals surface area contributed by atoms with Crippen LogP contribution < -0.4 is 4.74 Å². The fourth-order valence-electron chi connectivity index (χ4n) is 2.92. The van der Waals surface area contributed by atoms with E-state index in [0.717, 1.165) is 21.8 Å². The molecule has 1 unspecified atom stereocenters. The van der Waals surface area contributed by atoms with Gasteiger partial charge in [0.2, 0.25) is 0 Å². The van der Waals surface area contributed by atoms with E-state index in [1.807, 2.05) is 42.5 Å². The van der Waals surface area contributed by atoms with Crippen molar-refractivity contribution >= 4 is 17.7 Å². The first-order chi connectivity index (χ1) is 13.1. The Balaban J connectivity index is 1.70. The van der Waals surface area contributed by atoms with Crippen LogP contribution >= 0.6 is 11.8 Å². The summed E-state index contributed by atoms with van der Waals surface area (Å²) in [5, 5.41) is 9.25. The summed E-state index contributed by atoms with van der Waals surface area (Å²) < 4.78 is 5.18. The van der Waals surface area contributed by atoms with Gasteiger partial charge in [0, 0.05) is 10.1 Å². The number of aliphatic carboxylic acids is 1. The molecule has 138 valence electrons. The molecule has 0 aromatic heterocycles. The number of methoxy groups -OCH3 is 1. The Morgan fingerprint density at radius 2 is 1.56 bits per heavy atom. The number of carbonyl (C=O) groups is 1.